The lowest BCUT2D eigenvalue weighted by Gasteiger charge is -2.29. The number of nitrogens with zero attached hydrogens (tertiary/aromatic N) is 1. The predicted octanol–water partition coefficient (Wildman–Crippen LogP) is 1.24. The highest BCUT2D eigenvalue weighted by molar-refractivity contribution is 4.76. The number of rotatable bonds is 4. The summed E-state index contributed by atoms with van der Waals surface area (Å²) in [5.41, 5.74) is 0. The monoisotopic (exact) mass is 212 g/mol. The maximum absolute atomic E-state index is 5.61. The van der Waals surface area contributed by atoms with Gasteiger partial charge in [-0.15, -0.1) is 0 Å². The Bertz CT molecular complexity index is 172. The second kappa shape index (κ2) is 5.83. The summed E-state index contributed by atoms with van der Waals surface area (Å²) in [6.07, 6.45) is 6.90. The fraction of sp³-hybridized carbons (Fsp3) is 1.00. The first-order valence-electron chi connectivity index (χ1n) is 6.38. The molecule has 1 N–H and O–H groups in total. The summed E-state index contributed by atoms with van der Waals surface area (Å²) >= 11 is 0. The fourth-order valence-electron chi connectivity index (χ4n) is 2.53. The van der Waals surface area contributed by atoms with Gasteiger partial charge >= 0.3 is 0 Å². The van der Waals surface area contributed by atoms with Gasteiger partial charge in [0.15, 0.2) is 0 Å². The van der Waals surface area contributed by atoms with Gasteiger partial charge in [-0.25, -0.2) is 0 Å². The van der Waals surface area contributed by atoms with Crippen molar-refractivity contribution in [1.29, 1.82) is 0 Å². The highest BCUT2D eigenvalue weighted by Crippen LogP contribution is 2.15. The molecule has 88 valence electrons. The molecule has 0 saturated carbocycles. The number of nitrogens with one attached hydrogen (secondary N) is 1. The third-order valence-electron chi connectivity index (χ3n) is 3.64. The highest BCUT2D eigenvalue weighted by Gasteiger charge is 2.18. The standard InChI is InChI=1S/C12H24N2O/c1-14-8-5-11(6-9-14)13-7-4-12-3-2-10-15-12/h11-13H,2-10H2,1H3. The molecule has 0 amide bonds. The molecule has 0 bridgehead atoms. The average molecular weight is 212 g/mol. The van der Waals surface area contributed by atoms with Crippen molar-refractivity contribution in [1.82, 2.24) is 10.2 Å². The molecule has 15 heavy (non-hydrogen) atoms. The lowest BCUT2D eigenvalue weighted by Crippen LogP contribution is -2.41. The molecule has 0 aromatic heterocycles. The molecule has 2 aliphatic heterocycles. The summed E-state index contributed by atoms with van der Waals surface area (Å²) in [7, 11) is 2.21. The van der Waals surface area contributed by atoms with Crippen molar-refractivity contribution in [2.75, 3.05) is 33.3 Å². The van der Waals surface area contributed by atoms with Crippen molar-refractivity contribution in [2.45, 2.75) is 44.2 Å². The molecular formula is C12H24N2O. The molecule has 0 aliphatic carbocycles. The normalized spacial score (nSPS) is 29.8. The Morgan fingerprint density at radius 1 is 1.27 bits per heavy atom. The van der Waals surface area contributed by atoms with E-state index in [1.807, 2.05) is 0 Å². The van der Waals surface area contributed by atoms with E-state index in [1.165, 1.54) is 45.2 Å². The minimum absolute atomic E-state index is 0.545. The molecule has 2 saturated heterocycles. The second-order valence-corrected chi connectivity index (χ2v) is 4.96. The zero-order valence-corrected chi connectivity index (χ0v) is 9.87. The fourth-order valence-corrected chi connectivity index (χ4v) is 2.53. The Morgan fingerprint density at radius 2 is 2.07 bits per heavy atom. The molecule has 1 unspecified atom stereocenters. The first-order chi connectivity index (χ1) is 7.34. The van der Waals surface area contributed by atoms with Crippen molar-refractivity contribution >= 4 is 0 Å². The molecule has 0 aromatic rings. The number of likely N-dealkylation sites (tertiary alicyclic amines) is 1. The van der Waals surface area contributed by atoms with Crippen LogP contribution in [0.1, 0.15) is 32.1 Å². The summed E-state index contributed by atoms with van der Waals surface area (Å²) < 4.78 is 5.61. The van der Waals surface area contributed by atoms with Gasteiger partial charge in [-0.1, -0.05) is 0 Å². The minimum Gasteiger partial charge on any atom is -0.378 e. The van der Waals surface area contributed by atoms with Crippen molar-refractivity contribution in [3.63, 3.8) is 0 Å². The molecule has 3 nitrogen and oxygen atoms in total. The molecule has 2 aliphatic rings. The van der Waals surface area contributed by atoms with E-state index in [1.54, 1.807) is 0 Å². The van der Waals surface area contributed by atoms with E-state index in [0.29, 0.717) is 6.10 Å². The molecule has 2 fully saturated rings. The topological polar surface area (TPSA) is 24.5 Å². The molecule has 1 atom stereocenters. The van der Waals surface area contributed by atoms with Gasteiger partial charge in [0.1, 0.15) is 0 Å². The quantitative estimate of drug-likeness (QED) is 0.759. The summed E-state index contributed by atoms with van der Waals surface area (Å²) in [6, 6.07) is 0.752. The first kappa shape index (κ1) is 11.4. The highest BCUT2D eigenvalue weighted by atomic mass is 16.5. The second-order valence-electron chi connectivity index (χ2n) is 4.96. The van der Waals surface area contributed by atoms with Gasteiger partial charge in [0.25, 0.3) is 0 Å². The van der Waals surface area contributed by atoms with E-state index >= 15 is 0 Å². The minimum atomic E-state index is 0.545. The van der Waals surface area contributed by atoms with Crippen LogP contribution in [0.15, 0.2) is 0 Å². The largest absolute Gasteiger partial charge is 0.378 e. The molecular weight excluding hydrogens is 188 g/mol. The lowest BCUT2D eigenvalue weighted by molar-refractivity contribution is 0.102. The Balaban J connectivity index is 1.53. The number of hydrogen-bond donors (Lipinski definition) is 1. The van der Waals surface area contributed by atoms with Gasteiger partial charge in [-0.2, -0.15) is 0 Å². The van der Waals surface area contributed by atoms with Crippen LogP contribution in [-0.4, -0.2) is 50.3 Å². The zero-order chi connectivity index (χ0) is 10.5. The van der Waals surface area contributed by atoms with E-state index in [2.05, 4.69) is 17.3 Å². The van der Waals surface area contributed by atoms with Crippen LogP contribution in [0.4, 0.5) is 0 Å². The third-order valence-corrected chi connectivity index (χ3v) is 3.64. The van der Waals surface area contributed by atoms with Crippen LogP contribution in [0, 0.1) is 0 Å². The van der Waals surface area contributed by atoms with Crippen molar-refractivity contribution in [3.8, 4) is 0 Å². The van der Waals surface area contributed by atoms with E-state index in [-0.39, 0.29) is 0 Å². The maximum atomic E-state index is 5.61. The zero-order valence-electron chi connectivity index (χ0n) is 9.87. The smallest absolute Gasteiger partial charge is 0.0588 e. The van der Waals surface area contributed by atoms with Crippen LogP contribution in [0.2, 0.25) is 0 Å². The van der Waals surface area contributed by atoms with Crippen molar-refractivity contribution in [2.24, 2.45) is 0 Å². The maximum Gasteiger partial charge on any atom is 0.0588 e. The Kier molecular flexibility index (Phi) is 4.42. The van der Waals surface area contributed by atoms with Crippen LogP contribution in [0.5, 0.6) is 0 Å². The van der Waals surface area contributed by atoms with Gasteiger partial charge in [0, 0.05) is 12.6 Å². The summed E-state index contributed by atoms with van der Waals surface area (Å²) in [4.78, 5) is 2.41. The van der Waals surface area contributed by atoms with E-state index in [9.17, 15) is 0 Å². The summed E-state index contributed by atoms with van der Waals surface area (Å²) in [5.74, 6) is 0. The molecule has 0 spiro atoms. The van der Waals surface area contributed by atoms with Crippen LogP contribution < -0.4 is 5.32 Å². The molecule has 2 rings (SSSR count). The van der Waals surface area contributed by atoms with Crippen LogP contribution in [0.3, 0.4) is 0 Å². The van der Waals surface area contributed by atoms with Crippen LogP contribution in [-0.2, 0) is 4.74 Å². The Hall–Kier alpha value is -0.120. The molecule has 0 radical (unpaired) electrons. The summed E-state index contributed by atoms with van der Waals surface area (Å²) in [6.45, 7) is 4.62. The predicted molar refractivity (Wildman–Crippen MR) is 62.1 cm³/mol. The van der Waals surface area contributed by atoms with E-state index in [4.69, 9.17) is 4.74 Å². The van der Waals surface area contributed by atoms with Gasteiger partial charge in [0.05, 0.1) is 6.10 Å². The van der Waals surface area contributed by atoms with Crippen LogP contribution >= 0.6 is 0 Å². The van der Waals surface area contributed by atoms with Crippen LogP contribution in [0.25, 0.3) is 0 Å². The average Bonchev–Trinajstić information content (AvgIpc) is 2.74. The Morgan fingerprint density at radius 3 is 2.73 bits per heavy atom. The van der Waals surface area contributed by atoms with Gasteiger partial charge < -0.3 is 15.0 Å². The number of ether oxygens (including phenoxy) is 1. The van der Waals surface area contributed by atoms with Gasteiger partial charge in [-0.3, -0.25) is 0 Å². The molecule has 2 heterocycles. The lowest BCUT2D eigenvalue weighted by atomic mass is 10.1. The van der Waals surface area contributed by atoms with Crippen molar-refractivity contribution < 1.29 is 4.74 Å². The van der Waals surface area contributed by atoms with E-state index < -0.39 is 0 Å². The SMILES string of the molecule is CN1CCC(NCCC2CCCO2)CC1. The van der Waals surface area contributed by atoms with Gasteiger partial charge in [-0.05, 0) is 58.8 Å². The van der Waals surface area contributed by atoms with Gasteiger partial charge in [0.2, 0.25) is 0 Å². The molecule has 3 heteroatoms. The Labute approximate surface area is 93.2 Å². The third kappa shape index (κ3) is 3.74. The van der Waals surface area contributed by atoms with Crippen molar-refractivity contribution in [3.05, 3.63) is 0 Å². The first-order valence-corrected chi connectivity index (χ1v) is 6.38. The summed E-state index contributed by atoms with van der Waals surface area (Å²) in [5, 5.41) is 3.66. The number of hydrogen-bond acceptors (Lipinski definition) is 3. The number of piperidine rings is 1. The van der Waals surface area contributed by atoms with E-state index in [0.717, 1.165) is 19.2 Å². The molecule has 0 aromatic carbocycles.